The number of benzene rings is 2. The van der Waals surface area contributed by atoms with E-state index >= 15 is 0 Å². The second-order valence-electron chi connectivity index (χ2n) is 4.20. The van der Waals surface area contributed by atoms with Crippen LogP contribution in [0.5, 0.6) is 0 Å². The monoisotopic (exact) mass is 240 g/mol. The van der Waals surface area contributed by atoms with Crippen molar-refractivity contribution < 1.29 is 9.90 Å². The van der Waals surface area contributed by atoms with E-state index in [1.54, 1.807) is 24.3 Å². The Morgan fingerprint density at radius 3 is 2.39 bits per heavy atom. The molecule has 0 saturated carbocycles. The first kappa shape index (κ1) is 10.8. The molecule has 0 aromatic heterocycles. The van der Waals surface area contributed by atoms with E-state index in [1.807, 2.05) is 30.3 Å². The summed E-state index contributed by atoms with van der Waals surface area (Å²) in [5, 5.41) is 16.0. The van der Waals surface area contributed by atoms with Gasteiger partial charge in [0.2, 0.25) is 0 Å². The summed E-state index contributed by atoms with van der Waals surface area (Å²) in [4.78, 5) is 11.6. The quantitative estimate of drug-likeness (QED) is 0.714. The van der Waals surface area contributed by atoms with E-state index in [1.165, 1.54) is 0 Å². The standard InChI is InChI=1S/C14H12N2O2/c17-13-15-12-9-5-4-8-11(12)14(18,16-13)10-6-2-1-3-7-10/h1-9,18H,(H2,15,16,17). The predicted octanol–water partition coefficient (Wildman–Crippen LogP) is 2.02. The van der Waals surface area contributed by atoms with Crippen molar-refractivity contribution in [2.45, 2.75) is 5.72 Å². The molecule has 4 heteroatoms. The number of carbonyl (C=O) groups excluding carboxylic acids is 1. The first-order valence-electron chi connectivity index (χ1n) is 5.67. The summed E-state index contributed by atoms with van der Waals surface area (Å²) in [6, 6.07) is 15.8. The molecule has 18 heavy (non-hydrogen) atoms. The van der Waals surface area contributed by atoms with E-state index in [2.05, 4.69) is 10.6 Å². The van der Waals surface area contributed by atoms with Crippen molar-refractivity contribution in [1.29, 1.82) is 0 Å². The zero-order valence-electron chi connectivity index (χ0n) is 9.55. The number of para-hydroxylation sites is 1. The maximum Gasteiger partial charge on any atom is 0.322 e. The first-order valence-corrected chi connectivity index (χ1v) is 5.67. The molecule has 2 aromatic rings. The molecule has 0 aliphatic carbocycles. The molecule has 0 fully saturated rings. The minimum Gasteiger partial charge on any atom is -0.363 e. The van der Waals surface area contributed by atoms with Gasteiger partial charge in [0.15, 0.2) is 5.72 Å². The molecule has 0 spiro atoms. The average molecular weight is 240 g/mol. The lowest BCUT2D eigenvalue weighted by molar-refractivity contribution is 0.0543. The van der Waals surface area contributed by atoms with Gasteiger partial charge in [0.1, 0.15) is 0 Å². The van der Waals surface area contributed by atoms with E-state index in [9.17, 15) is 9.90 Å². The number of carbonyl (C=O) groups is 1. The van der Waals surface area contributed by atoms with Gasteiger partial charge in [0.25, 0.3) is 0 Å². The summed E-state index contributed by atoms with van der Waals surface area (Å²) in [7, 11) is 0. The fraction of sp³-hybridized carbons (Fsp3) is 0.0714. The third-order valence-electron chi connectivity index (χ3n) is 3.05. The van der Waals surface area contributed by atoms with Gasteiger partial charge in [-0.15, -0.1) is 0 Å². The Hall–Kier alpha value is -2.33. The number of rotatable bonds is 1. The van der Waals surface area contributed by atoms with E-state index in [0.29, 0.717) is 16.8 Å². The molecular formula is C14H12N2O2. The second kappa shape index (κ2) is 3.85. The molecule has 3 rings (SSSR count). The molecule has 1 aliphatic heterocycles. The maximum absolute atomic E-state index is 11.6. The molecule has 90 valence electrons. The average Bonchev–Trinajstić information content (AvgIpc) is 2.39. The van der Waals surface area contributed by atoms with Crippen molar-refractivity contribution in [1.82, 2.24) is 5.32 Å². The molecule has 3 N–H and O–H groups in total. The van der Waals surface area contributed by atoms with Gasteiger partial charge in [0.05, 0.1) is 5.69 Å². The van der Waals surface area contributed by atoms with Crippen LogP contribution in [0.1, 0.15) is 11.1 Å². The number of hydrogen-bond acceptors (Lipinski definition) is 2. The van der Waals surface area contributed by atoms with Crippen LogP contribution in [-0.4, -0.2) is 11.1 Å². The first-order chi connectivity index (χ1) is 8.70. The van der Waals surface area contributed by atoms with Crippen LogP contribution in [0.3, 0.4) is 0 Å². The third kappa shape index (κ3) is 1.55. The van der Waals surface area contributed by atoms with Crippen molar-refractivity contribution in [2.75, 3.05) is 5.32 Å². The molecule has 0 radical (unpaired) electrons. The highest BCUT2D eigenvalue weighted by Gasteiger charge is 2.38. The Kier molecular flexibility index (Phi) is 2.31. The van der Waals surface area contributed by atoms with Crippen LogP contribution in [0, 0.1) is 0 Å². The van der Waals surface area contributed by atoms with Crippen LogP contribution in [-0.2, 0) is 5.72 Å². The summed E-state index contributed by atoms with van der Waals surface area (Å²) >= 11 is 0. The summed E-state index contributed by atoms with van der Waals surface area (Å²) in [5.41, 5.74) is 0.399. The Bertz CT molecular complexity index is 598. The summed E-state index contributed by atoms with van der Waals surface area (Å²) in [6.45, 7) is 0. The molecule has 2 aromatic carbocycles. The third-order valence-corrected chi connectivity index (χ3v) is 3.05. The number of nitrogens with one attached hydrogen (secondary N) is 2. The molecule has 1 atom stereocenters. The molecule has 1 aliphatic rings. The highest BCUT2D eigenvalue weighted by Crippen LogP contribution is 2.34. The molecular weight excluding hydrogens is 228 g/mol. The van der Waals surface area contributed by atoms with Gasteiger partial charge >= 0.3 is 6.03 Å². The maximum atomic E-state index is 11.6. The lowest BCUT2D eigenvalue weighted by Crippen LogP contribution is -2.52. The van der Waals surface area contributed by atoms with E-state index in [0.717, 1.165) is 0 Å². The van der Waals surface area contributed by atoms with Crippen molar-refractivity contribution in [3.63, 3.8) is 0 Å². The van der Waals surface area contributed by atoms with Gasteiger partial charge in [0, 0.05) is 11.1 Å². The summed E-state index contributed by atoms with van der Waals surface area (Å²) in [6.07, 6.45) is 0. The van der Waals surface area contributed by atoms with Crippen molar-refractivity contribution in [3.8, 4) is 0 Å². The van der Waals surface area contributed by atoms with Gasteiger partial charge in [-0.05, 0) is 6.07 Å². The SMILES string of the molecule is O=C1Nc2ccccc2C(O)(c2ccccc2)N1. The summed E-state index contributed by atoms with van der Waals surface area (Å²) < 4.78 is 0. The Morgan fingerprint density at radius 1 is 0.944 bits per heavy atom. The van der Waals surface area contributed by atoms with Gasteiger partial charge in [-0.3, -0.25) is 0 Å². The number of hydrogen-bond donors (Lipinski definition) is 3. The van der Waals surface area contributed by atoms with Crippen molar-refractivity contribution >= 4 is 11.7 Å². The zero-order chi connectivity index (χ0) is 12.6. The Morgan fingerprint density at radius 2 is 1.61 bits per heavy atom. The Labute approximate surface area is 104 Å². The molecule has 0 bridgehead atoms. The fourth-order valence-corrected chi connectivity index (χ4v) is 2.20. The van der Waals surface area contributed by atoms with Crippen LogP contribution < -0.4 is 10.6 Å². The van der Waals surface area contributed by atoms with Crippen LogP contribution in [0.2, 0.25) is 0 Å². The highest BCUT2D eigenvalue weighted by molar-refractivity contribution is 5.94. The minimum atomic E-state index is -1.49. The van der Waals surface area contributed by atoms with Crippen molar-refractivity contribution in [3.05, 3.63) is 65.7 Å². The number of anilines is 1. The van der Waals surface area contributed by atoms with Crippen LogP contribution in [0.15, 0.2) is 54.6 Å². The zero-order valence-corrected chi connectivity index (χ0v) is 9.55. The lowest BCUT2D eigenvalue weighted by atomic mass is 9.91. The van der Waals surface area contributed by atoms with Crippen LogP contribution >= 0.6 is 0 Å². The smallest absolute Gasteiger partial charge is 0.322 e. The van der Waals surface area contributed by atoms with Gasteiger partial charge in [-0.1, -0.05) is 48.5 Å². The van der Waals surface area contributed by atoms with Crippen LogP contribution in [0.4, 0.5) is 10.5 Å². The molecule has 0 saturated heterocycles. The normalized spacial score (nSPS) is 21.7. The highest BCUT2D eigenvalue weighted by atomic mass is 16.3. The minimum absolute atomic E-state index is 0.417. The van der Waals surface area contributed by atoms with E-state index in [4.69, 9.17) is 0 Å². The molecule has 2 amide bonds. The summed E-state index contributed by atoms with van der Waals surface area (Å²) in [5.74, 6) is 0. The number of urea groups is 1. The second-order valence-corrected chi connectivity index (χ2v) is 4.20. The van der Waals surface area contributed by atoms with Crippen molar-refractivity contribution in [2.24, 2.45) is 0 Å². The topological polar surface area (TPSA) is 61.4 Å². The molecule has 1 heterocycles. The van der Waals surface area contributed by atoms with E-state index < -0.39 is 11.8 Å². The fourth-order valence-electron chi connectivity index (χ4n) is 2.20. The molecule has 4 nitrogen and oxygen atoms in total. The molecule has 1 unspecified atom stereocenters. The van der Waals surface area contributed by atoms with Gasteiger partial charge in [-0.2, -0.15) is 0 Å². The van der Waals surface area contributed by atoms with Gasteiger partial charge in [-0.25, -0.2) is 4.79 Å². The lowest BCUT2D eigenvalue weighted by Gasteiger charge is -2.35. The number of amides is 2. The van der Waals surface area contributed by atoms with Crippen LogP contribution in [0.25, 0.3) is 0 Å². The number of fused-ring (bicyclic) bond motifs is 1. The Balaban J connectivity index is 2.21. The predicted molar refractivity (Wildman–Crippen MR) is 68.0 cm³/mol. The van der Waals surface area contributed by atoms with E-state index in [-0.39, 0.29) is 0 Å². The largest absolute Gasteiger partial charge is 0.363 e. The van der Waals surface area contributed by atoms with Gasteiger partial charge < -0.3 is 15.7 Å². The number of aliphatic hydroxyl groups is 1.